The van der Waals surface area contributed by atoms with E-state index in [0.29, 0.717) is 30.3 Å². The van der Waals surface area contributed by atoms with Crippen LogP contribution in [-0.2, 0) is 4.79 Å². The first-order valence-corrected chi connectivity index (χ1v) is 8.58. The molecular weight excluding hydrogens is 328 g/mol. The number of rotatable bonds is 8. The molecule has 7 heteroatoms. The summed E-state index contributed by atoms with van der Waals surface area (Å²) in [6.07, 6.45) is 0. The second kappa shape index (κ2) is 8.93. The van der Waals surface area contributed by atoms with Crippen LogP contribution >= 0.6 is 11.3 Å². The molecule has 6 nitrogen and oxygen atoms in total. The van der Waals surface area contributed by atoms with Crippen molar-refractivity contribution in [3.05, 3.63) is 40.6 Å². The fourth-order valence-corrected chi connectivity index (χ4v) is 2.58. The van der Waals surface area contributed by atoms with E-state index in [9.17, 15) is 9.59 Å². The van der Waals surface area contributed by atoms with E-state index in [1.54, 1.807) is 24.3 Å². The smallest absolute Gasteiger partial charge is 0.251 e. The molecule has 0 radical (unpaired) electrons. The average Bonchev–Trinajstić information content (AvgIpc) is 3.07. The molecule has 0 spiro atoms. The molecule has 128 valence electrons. The first-order valence-electron chi connectivity index (χ1n) is 7.64. The van der Waals surface area contributed by atoms with Crippen molar-refractivity contribution in [3.8, 4) is 11.5 Å². The second-order valence-electron chi connectivity index (χ2n) is 4.77. The van der Waals surface area contributed by atoms with Gasteiger partial charge in [-0.3, -0.25) is 9.59 Å². The van der Waals surface area contributed by atoms with Crippen molar-refractivity contribution in [2.24, 2.45) is 0 Å². The van der Waals surface area contributed by atoms with E-state index in [1.165, 1.54) is 11.3 Å². The topological polar surface area (TPSA) is 76.7 Å². The van der Waals surface area contributed by atoms with Crippen LogP contribution in [0.15, 0.2) is 35.0 Å². The minimum absolute atomic E-state index is 0.105. The van der Waals surface area contributed by atoms with E-state index in [0.717, 1.165) is 5.69 Å². The summed E-state index contributed by atoms with van der Waals surface area (Å²) in [4.78, 5) is 24.0. The van der Waals surface area contributed by atoms with Crippen molar-refractivity contribution in [3.63, 3.8) is 0 Å². The van der Waals surface area contributed by atoms with E-state index in [4.69, 9.17) is 9.47 Å². The highest BCUT2D eigenvalue weighted by Crippen LogP contribution is 2.28. The Balaban J connectivity index is 1.96. The Morgan fingerprint density at radius 3 is 2.50 bits per heavy atom. The molecular formula is C17H20N2O4S. The zero-order valence-corrected chi connectivity index (χ0v) is 14.4. The number of amides is 2. The molecule has 0 bridgehead atoms. The fourth-order valence-electron chi connectivity index (χ4n) is 2.00. The standard InChI is InChI=1S/C17H20N2O4S/c1-3-22-14-6-5-12(9-15(14)23-4-2)17(21)18-10-16(20)19-13-7-8-24-11-13/h5-9,11H,3-4,10H2,1-2H3,(H,18,21)(H,19,20). The van der Waals surface area contributed by atoms with Crippen LogP contribution in [-0.4, -0.2) is 31.6 Å². The lowest BCUT2D eigenvalue weighted by molar-refractivity contribution is -0.115. The van der Waals surface area contributed by atoms with Crippen LogP contribution in [0.5, 0.6) is 11.5 Å². The number of anilines is 1. The Labute approximate surface area is 144 Å². The van der Waals surface area contributed by atoms with Crippen LogP contribution < -0.4 is 20.1 Å². The van der Waals surface area contributed by atoms with E-state index < -0.39 is 0 Å². The molecule has 24 heavy (non-hydrogen) atoms. The van der Waals surface area contributed by atoms with E-state index in [-0.39, 0.29) is 18.4 Å². The fraction of sp³-hybridized carbons (Fsp3) is 0.294. The van der Waals surface area contributed by atoms with Crippen molar-refractivity contribution in [2.45, 2.75) is 13.8 Å². The predicted octanol–water partition coefficient (Wildman–Crippen LogP) is 2.91. The van der Waals surface area contributed by atoms with E-state index in [1.807, 2.05) is 24.6 Å². The quantitative estimate of drug-likeness (QED) is 0.769. The number of hydrogen-bond donors (Lipinski definition) is 2. The van der Waals surface area contributed by atoms with Gasteiger partial charge in [0.15, 0.2) is 11.5 Å². The maximum absolute atomic E-state index is 12.2. The zero-order valence-electron chi connectivity index (χ0n) is 13.6. The molecule has 1 aromatic heterocycles. The third-order valence-corrected chi connectivity index (χ3v) is 3.70. The molecule has 1 heterocycles. The number of ether oxygens (including phenoxy) is 2. The molecule has 0 atom stereocenters. The average molecular weight is 348 g/mol. The highest BCUT2D eigenvalue weighted by molar-refractivity contribution is 7.08. The van der Waals surface area contributed by atoms with Crippen LogP contribution in [0.2, 0.25) is 0 Å². The van der Waals surface area contributed by atoms with Crippen molar-refractivity contribution >= 4 is 28.8 Å². The van der Waals surface area contributed by atoms with Crippen LogP contribution in [0.3, 0.4) is 0 Å². The molecule has 1 aromatic carbocycles. The first kappa shape index (κ1) is 17.8. The van der Waals surface area contributed by atoms with E-state index >= 15 is 0 Å². The Hall–Kier alpha value is -2.54. The van der Waals surface area contributed by atoms with Crippen molar-refractivity contribution < 1.29 is 19.1 Å². The lowest BCUT2D eigenvalue weighted by Crippen LogP contribution is -2.32. The van der Waals surface area contributed by atoms with Gasteiger partial charge < -0.3 is 20.1 Å². The molecule has 2 aromatic rings. The van der Waals surface area contributed by atoms with Gasteiger partial charge >= 0.3 is 0 Å². The molecule has 0 aliphatic heterocycles. The third-order valence-electron chi connectivity index (χ3n) is 3.02. The Morgan fingerprint density at radius 1 is 1.08 bits per heavy atom. The van der Waals surface area contributed by atoms with Crippen molar-refractivity contribution in [1.82, 2.24) is 5.32 Å². The minimum Gasteiger partial charge on any atom is -0.490 e. The zero-order chi connectivity index (χ0) is 17.4. The summed E-state index contributed by atoms with van der Waals surface area (Å²) in [5.74, 6) is 0.470. The molecule has 0 fully saturated rings. The minimum atomic E-state index is -0.348. The molecule has 0 saturated carbocycles. The largest absolute Gasteiger partial charge is 0.490 e. The van der Waals surface area contributed by atoms with Gasteiger partial charge in [0.05, 0.1) is 25.4 Å². The monoisotopic (exact) mass is 348 g/mol. The number of nitrogens with one attached hydrogen (secondary N) is 2. The Morgan fingerprint density at radius 2 is 1.83 bits per heavy atom. The van der Waals surface area contributed by atoms with Crippen molar-refractivity contribution in [2.75, 3.05) is 25.1 Å². The molecule has 0 saturated heterocycles. The molecule has 0 aliphatic rings. The lowest BCUT2D eigenvalue weighted by atomic mass is 10.2. The normalized spacial score (nSPS) is 10.1. The molecule has 0 unspecified atom stereocenters. The van der Waals surface area contributed by atoms with Crippen LogP contribution in [0, 0.1) is 0 Å². The summed E-state index contributed by atoms with van der Waals surface area (Å²) in [5.41, 5.74) is 1.13. The number of carbonyl (C=O) groups excluding carboxylic acids is 2. The number of thiophene rings is 1. The summed E-state index contributed by atoms with van der Waals surface area (Å²) in [7, 11) is 0. The van der Waals surface area contributed by atoms with Crippen LogP contribution in [0.25, 0.3) is 0 Å². The van der Waals surface area contributed by atoms with Gasteiger partial charge in [-0.2, -0.15) is 11.3 Å². The molecule has 2 amide bonds. The number of hydrogen-bond acceptors (Lipinski definition) is 5. The van der Waals surface area contributed by atoms with Crippen LogP contribution in [0.4, 0.5) is 5.69 Å². The lowest BCUT2D eigenvalue weighted by Gasteiger charge is -2.12. The maximum Gasteiger partial charge on any atom is 0.251 e. The third kappa shape index (κ3) is 4.99. The van der Waals surface area contributed by atoms with Crippen molar-refractivity contribution in [1.29, 1.82) is 0 Å². The highest BCUT2D eigenvalue weighted by Gasteiger charge is 2.12. The number of benzene rings is 1. The molecule has 2 rings (SSSR count). The maximum atomic E-state index is 12.2. The Bertz CT molecular complexity index is 686. The SMILES string of the molecule is CCOc1ccc(C(=O)NCC(=O)Nc2ccsc2)cc1OCC. The molecule has 2 N–H and O–H groups in total. The summed E-state index contributed by atoms with van der Waals surface area (Å²) >= 11 is 1.49. The summed E-state index contributed by atoms with van der Waals surface area (Å²) in [6.45, 7) is 4.61. The summed E-state index contributed by atoms with van der Waals surface area (Å²) < 4.78 is 11.0. The highest BCUT2D eigenvalue weighted by atomic mass is 32.1. The van der Waals surface area contributed by atoms with Gasteiger partial charge in [-0.1, -0.05) is 0 Å². The second-order valence-corrected chi connectivity index (χ2v) is 5.55. The van der Waals surface area contributed by atoms with Gasteiger partial charge in [-0.25, -0.2) is 0 Å². The van der Waals surface area contributed by atoms with Crippen LogP contribution in [0.1, 0.15) is 24.2 Å². The summed E-state index contributed by atoms with van der Waals surface area (Å²) in [6, 6.07) is 6.74. The Kier molecular flexibility index (Phi) is 6.62. The number of carbonyl (C=O) groups is 2. The van der Waals surface area contributed by atoms with E-state index in [2.05, 4.69) is 10.6 Å². The van der Waals surface area contributed by atoms with Gasteiger partial charge in [0, 0.05) is 10.9 Å². The van der Waals surface area contributed by atoms with Gasteiger partial charge in [-0.15, -0.1) is 0 Å². The molecule has 0 aliphatic carbocycles. The van der Waals surface area contributed by atoms with Gasteiger partial charge in [0.25, 0.3) is 5.91 Å². The van der Waals surface area contributed by atoms with Gasteiger partial charge in [0.1, 0.15) is 0 Å². The summed E-state index contributed by atoms with van der Waals surface area (Å²) in [5, 5.41) is 8.97. The predicted molar refractivity (Wildman–Crippen MR) is 94.1 cm³/mol. The first-order chi connectivity index (χ1) is 11.6. The van der Waals surface area contributed by atoms with Gasteiger partial charge in [-0.05, 0) is 43.5 Å². The van der Waals surface area contributed by atoms with Gasteiger partial charge in [0.2, 0.25) is 5.91 Å².